The number of rotatable bonds is 3. The Bertz CT molecular complexity index is 1110. The maximum absolute atomic E-state index is 12.6. The van der Waals surface area contributed by atoms with Gasteiger partial charge in [-0.15, -0.1) is 0 Å². The van der Waals surface area contributed by atoms with Crippen molar-refractivity contribution in [3.8, 4) is 0 Å². The molecule has 11 nitrogen and oxygen atoms in total. The Balaban J connectivity index is 0.000000286. The van der Waals surface area contributed by atoms with Crippen LogP contribution in [0.1, 0.15) is 27.6 Å². The molecule has 0 saturated heterocycles. The highest BCUT2D eigenvalue weighted by molar-refractivity contribution is 5.94. The molecule has 4 heterocycles. The lowest BCUT2D eigenvalue weighted by Crippen LogP contribution is -2.33. The first-order chi connectivity index (χ1) is 17.1. The first kappa shape index (κ1) is 29.3. The maximum Gasteiger partial charge on any atom is 0.490 e. The highest BCUT2D eigenvalue weighted by Gasteiger charge is 2.39. The van der Waals surface area contributed by atoms with Gasteiger partial charge in [0, 0.05) is 63.3 Å². The van der Waals surface area contributed by atoms with Crippen LogP contribution in [0.4, 0.5) is 26.3 Å². The van der Waals surface area contributed by atoms with Crippen LogP contribution >= 0.6 is 0 Å². The van der Waals surface area contributed by atoms with Crippen molar-refractivity contribution >= 4 is 17.8 Å². The summed E-state index contributed by atoms with van der Waals surface area (Å²) in [6.07, 6.45) is -1.47. The highest BCUT2D eigenvalue weighted by Crippen LogP contribution is 2.23. The number of nitrogens with zero attached hydrogens (tertiary/aromatic N) is 5. The van der Waals surface area contributed by atoms with Gasteiger partial charge in [0.25, 0.3) is 5.91 Å². The highest BCUT2D eigenvalue weighted by atomic mass is 19.4. The molecule has 1 amide bonds. The molecule has 4 rings (SSSR count). The van der Waals surface area contributed by atoms with Gasteiger partial charge >= 0.3 is 24.3 Å². The summed E-state index contributed by atoms with van der Waals surface area (Å²) in [7, 11) is 2.00. The van der Waals surface area contributed by atoms with Gasteiger partial charge in [0.2, 0.25) is 0 Å². The van der Waals surface area contributed by atoms with E-state index in [0.717, 1.165) is 43.1 Å². The molecule has 2 aliphatic heterocycles. The molecule has 0 spiro atoms. The molecule has 17 heteroatoms. The van der Waals surface area contributed by atoms with Gasteiger partial charge in [0.1, 0.15) is 5.82 Å². The number of amides is 1. The van der Waals surface area contributed by atoms with E-state index in [1.54, 1.807) is 0 Å². The van der Waals surface area contributed by atoms with Crippen molar-refractivity contribution in [1.82, 2.24) is 29.5 Å². The Hall–Kier alpha value is -3.89. The number of hydrogen-bond acceptors (Lipinski definition) is 6. The number of imidazole rings is 1. The Kier molecular flexibility index (Phi) is 9.43. The third kappa shape index (κ3) is 8.33. The molecule has 37 heavy (non-hydrogen) atoms. The molecule has 0 fully saturated rings. The number of fused-ring (bicyclic) bond motifs is 1. The number of aliphatic carboxylic acids is 2. The minimum Gasteiger partial charge on any atom is -0.475 e. The summed E-state index contributed by atoms with van der Waals surface area (Å²) < 4.78 is 65.5. The van der Waals surface area contributed by atoms with E-state index in [2.05, 4.69) is 20.1 Å². The number of carboxylic acids is 2. The van der Waals surface area contributed by atoms with Gasteiger partial charge < -0.3 is 19.7 Å². The van der Waals surface area contributed by atoms with E-state index in [4.69, 9.17) is 19.8 Å². The Morgan fingerprint density at radius 2 is 1.57 bits per heavy atom. The lowest BCUT2D eigenvalue weighted by molar-refractivity contribution is -0.193. The van der Waals surface area contributed by atoms with Crippen LogP contribution in [0.2, 0.25) is 0 Å². The molecule has 0 aliphatic carbocycles. The van der Waals surface area contributed by atoms with Crippen LogP contribution in [0.3, 0.4) is 0 Å². The number of hydrogen-bond donors (Lipinski definition) is 3. The summed E-state index contributed by atoms with van der Waals surface area (Å²) in [5.41, 5.74) is 2.71. The molecule has 2 aliphatic rings. The van der Waals surface area contributed by atoms with Gasteiger partial charge in [-0.05, 0) is 0 Å². The van der Waals surface area contributed by atoms with Crippen LogP contribution in [-0.4, -0.2) is 89.6 Å². The molecular formula is C20H22F6N6O5. The molecule has 2 aromatic heterocycles. The van der Waals surface area contributed by atoms with Crippen LogP contribution in [0.5, 0.6) is 0 Å². The molecule has 0 atom stereocenters. The fraction of sp³-hybridized carbons (Fsp3) is 0.450. The van der Waals surface area contributed by atoms with Crippen LogP contribution in [0.25, 0.3) is 0 Å². The van der Waals surface area contributed by atoms with E-state index in [0.29, 0.717) is 18.8 Å². The minimum atomic E-state index is -5.08. The van der Waals surface area contributed by atoms with E-state index in [-0.39, 0.29) is 5.91 Å². The van der Waals surface area contributed by atoms with Crippen molar-refractivity contribution in [2.24, 2.45) is 7.05 Å². The Morgan fingerprint density at radius 3 is 2.03 bits per heavy atom. The number of aromatic amines is 1. The Labute approximate surface area is 205 Å². The second-order valence-electron chi connectivity index (χ2n) is 7.73. The number of carbonyl (C=O) groups excluding carboxylic acids is 1. The van der Waals surface area contributed by atoms with Crippen molar-refractivity contribution in [3.63, 3.8) is 0 Å². The average Bonchev–Trinajstić information content (AvgIpc) is 3.55. The number of alkyl halides is 6. The number of aryl methyl sites for hydroxylation is 1. The molecule has 2 aromatic rings. The zero-order valence-corrected chi connectivity index (χ0v) is 19.2. The lowest BCUT2D eigenvalue weighted by atomic mass is 10.0. The van der Waals surface area contributed by atoms with Gasteiger partial charge in [0.05, 0.1) is 6.54 Å². The zero-order chi connectivity index (χ0) is 28.0. The van der Waals surface area contributed by atoms with Crippen molar-refractivity contribution in [2.45, 2.75) is 31.9 Å². The molecule has 0 saturated carbocycles. The number of H-pyrrole nitrogens is 1. The van der Waals surface area contributed by atoms with Crippen molar-refractivity contribution in [1.29, 1.82) is 0 Å². The van der Waals surface area contributed by atoms with Crippen LogP contribution < -0.4 is 0 Å². The minimum absolute atomic E-state index is 0.0198. The van der Waals surface area contributed by atoms with Gasteiger partial charge in [-0.3, -0.25) is 14.8 Å². The Morgan fingerprint density at radius 1 is 1.03 bits per heavy atom. The van der Waals surface area contributed by atoms with E-state index in [1.807, 2.05) is 41.1 Å². The zero-order valence-electron chi connectivity index (χ0n) is 19.2. The van der Waals surface area contributed by atoms with Crippen molar-refractivity contribution in [3.05, 3.63) is 47.3 Å². The molecule has 0 aromatic carbocycles. The quantitative estimate of drug-likeness (QED) is 0.396. The lowest BCUT2D eigenvalue weighted by Gasteiger charge is -2.26. The van der Waals surface area contributed by atoms with E-state index in [1.165, 1.54) is 0 Å². The van der Waals surface area contributed by atoms with Gasteiger partial charge in [-0.25, -0.2) is 14.6 Å². The number of carboxylic acid groups (broad SMARTS) is 2. The second-order valence-corrected chi connectivity index (χ2v) is 7.73. The van der Waals surface area contributed by atoms with E-state index < -0.39 is 24.3 Å². The van der Waals surface area contributed by atoms with Crippen molar-refractivity contribution in [2.75, 3.05) is 19.6 Å². The average molecular weight is 540 g/mol. The van der Waals surface area contributed by atoms with Gasteiger partial charge in [0.15, 0.2) is 5.69 Å². The molecule has 0 bridgehead atoms. The summed E-state index contributed by atoms with van der Waals surface area (Å²) in [6, 6.07) is 0. The third-order valence-electron chi connectivity index (χ3n) is 5.09. The van der Waals surface area contributed by atoms with E-state index >= 15 is 0 Å². The fourth-order valence-electron chi connectivity index (χ4n) is 3.21. The second kappa shape index (κ2) is 11.9. The largest absolute Gasteiger partial charge is 0.490 e. The summed E-state index contributed by atoms with van der Waals surface area (Å²) in [5.74, 6) is -4.46. The summed E-state index contributed by atoms with van der Waals surface area (Å²) in [6.45, 7) is 3.82. The van der Waals surface area contributed by atoms with Crippen LogP contribution in [0, 0.1) is 0 Å². The third-order valence-corrected chi connectivity index (χ3v) is 5.09. The molecule has 0 unspecified atom stereocenters. The normalized spacial score (nSPS) is 15.3. The fourth-order valence-corrected chi connectivity index (χ4v) is 3.21. The number of nitrogens with one attached hydrogen (secondary N) is 1. The number of carbonyl (C=O) groups is 3. The van der Waals surface area contributed by atoms with Gasteiger partial charge in [-0.2, -0.15) is 31.4 Å². The first-order valence-electron chi connectivity index (χ1n) is 10.4. The molecule has 3 N–H and O–H groups in total. The molecule has 0 radical (unpaired) electrons. The maximum atomic E-state index is 12.6. The number of aromatic nitrogens is 4. The standard InChI is InChI=1S/C16H20N6O.2C2HF3O2/c1-20-9-5-17-14(20)11-21-8-4-13-12(10-21)15(19-18-13)16(23)22-6-2-3-7-22;2*3-2(4,5)1(6)7/h2-3,5,9H,4,6-8,10-11H2,1H3,(H,18,19);2*(H,6,7). The monoisotopic (exact) mass is 540 g/mol. The van der Waals surface area contributed by atoms with Gasteiger partial charge in [-0.1, -0.05) is 12.2 Å². The van der Waals surface area contributed by atoms with Crippen LogP contribution in [-0.2, 0) is 36.1 Å². The molecular weight excluding hydrogens is 518 g/mol. The van der Waals surface area contributed by atoms with E-state index in [9.17, 15) is 31.1 Å². The summed E-state index contributed by atoms with van der Waals surface area (Å²) in [5, 5.41) is 21.6. The number of halogens is 6. The molecule has 204 valence electrons. The van der Waals surface area contributed by atoms with Crippen molar-refractivity contribution < 1.29 is 50.9 Å². The first-order valence-corrected chi connectivity index (χ1v) is 10.4. The predicted octanol–water partition coefficient (Wildman–Crippen LogP) is 1.98. The smallest absolute Gasteiger partial charge is 0.475 e. The topological polar surface area (TPSA) is 145 Å². The summed E-state index contributed by atoms with van der Waals surface area (Å²) in [4.78, 5) is 38.9. The predicted molar refractivity (Wildman–Crippen MR) is 112 cm³/mol. The summed E-state index contributed by atoms with van der Waals surface area (Å²) >= 11 is 0. The van der Waals surface area contributed by atoms with Crippen LogP contribution in [0.15, 0.2) is 24.5 Å². The SMILES string of the molecule is Cn1ccnc1CN1CCc2[nH]nc(C(=O)N3CC=CC3)c2C1.O=C(O)C(F)(F)F.O=C(O)C(F)(F)F.